The molecule has 3 nitrogen and oxygen atoms in total. The minimum absolute atomic E-state index is 0.590. The maximum Gasteiger partial charge on any atom is 0.243 e. The van der Waals surface area contributed by atoms with E-state index in [2.05, 4.69) is 40.8 Å². The van der Waals surface area contributed by atoms with Gasteiger partial charge in [-0.05, 0) is 12.8 Å². The van der Waals surface area contributed by atoms with Crippen LogP contribution in [-0.4, -0.2) is 4.57 Å². The molecular weight excluding hydrogens is 246 g/mol. The molecule has 0 aliphatic carbocycles. The average molecular weight is 276 g/mol. The topological polar surface area (TPSA) is 32.6 Å². The summed E-state index contributed by atoms with van der Waals surface area (Å²) in [5.74, 6) is 0. The van der Waals surface area contributed by atoms with Crippen molar-refractivity contribution >= 4 is 0 Å². The Bertz CT molecular complexity index is 376. The average Bonchev–Trinajstić information content (AvgIpc) is 2.91. The maximum absolute atomic E-state index is 8.56. The van der Waals surface area contributed by atoms with Gasteiger partial charge in [-0.3, -0.25) is 0 Å². The van der Waals surface area contributed by atoms with Crippen LogP contribution in [0.5, 0.6) is 0 Å². The van der Waals surface area contributed by atoms with Crippen molar-refractivity contribution in [1.29, 1.82) is 5.26 Å². The van der Waals surface area contributed by atoms with Gasteiger partial charge in [-0.2, -0.15) is 5.26 Å². The Kier molecular flexibility index (Phi) is 9.65. The van der Waals surface area contributed by atoms with Crippen molar-refractivity contribution < 1.29 is 4.57 Å². The van der Waals surface area contributed by atoms with Crippen LogP contribution in [0.15, 0.2) is 18.7 Å². The Hall–Kier alpha value is -1.30. The van der Waals surface area contributed by atoms with Gasteiger partial charge >= 0.3 is 0 Å². The van der Waals surface area contributed by atoms with Crippen LogP contribution in [0.1, 0.15) is 71.1 Å². The van der Waals surface area contributed by atoms with Crippen LogP contribution in [0.3, 0.4) is 0 Å². The molecule has 1 heterocycles. The van der Waals surface area contributed by atoms with Gasteiger partial charge in [0.25, 0.3) is 0 Å². The second-order valence-electron chi connectivity index (χ2n) is 5.63. The molecule has 0 saturated carbocycles. The number of rotatable bonds is 12. The summed E-state index contributed by atoms with van der Waals surface area (Å²) in [5, 5.41) is 8.56. The molecule has 0 aliphatic rings. The van der Waals surface area contributed by atoms with E-state index >= 15 is 0 Å². The Morgan fingerprint density at radius 2 is 1.65 bits per heavy atom. The Balaban J connectivity index is 1.96. The molecule has 0 amide bonds. The summed E-state index contributed by atoms with van der Waals surface area (Å²) in [6, 6.07) is 2.18. The quantitative estimate of drug-likeness (QED) is 0.415. The van der Waals surface area contributed by atoms with Crippen molar-refractivity contribution in [2.75, 3.05) is 0 Å². The smallest absolute Gasteiger partial charge is 0.237 e. The summed E-state index contributed by atoms with van der Waals surface area (Å²) in [5.41, 5.74) is 0. The number of unbranched alkanes of at least 4 members (excludes halogenated alkanes) is 8. The van der Waals surface area contributed by atoms with E-state index in [1.807, 2.05) is 0 Å². The number of aryl methyl sites for hydroxylation is 2. The first-order valence-electron chi connectivity index (χ1n) is 8.28. The molecule has 1 rings (SSSR count). The zero-order chi connectivity index (χ0) is 14.5. The molecular formula is C17H30N3+. The first-order valence-corrected chi connectivity index (χ1v) is 8.28. The van der Waals surface area contributed by atoms with E-state index in [4.69, 9.17) is 5.26 Å². The first kappa shape index (κ1) is 16.8. The maximum atomic E-state index is 8.56. The van der Waals surface area contributed by atoms with Gasteiger partial charge in [-0.1, -0.05) is 51.9 Å². The van der Waals surface area contributed by atoms with Crippen LogP contribution in [0.25, 0.3) is 0 Å². The third kappa shape index (κ3) is 7.99. The van der Waals surface area contributed by atoms with Gasteiger partial charge in [0, 0.05) is 0 Å². The first-order chi connectivity index (χ1) is 9.86. The molecule has 0 N–H and O–H groups in total. The third-order valence-corrected chi connectivity index (χ3v) is 3.75. The summed E-state index contributed by atoms with van der Waals surface area (Å²) < 4.78 is 4.33. The van der Waals surface area contributed by atoms with E-state index in [-0.39, 0.29) is 0 Å². The minimum atomic E-state index is 0.590. The van der Waals surface area contributed by atoms with Gasteiger partial charge in [0.1, 0.15) is 18.9 Å². The molecule has 0 atom stereocenters. The van der Waals surface area contributed by atoms with Crippen LogP contribution >= 0.6 is 0 Å². The van der Waals surface area contributed by atoms with Crippen molar-refractivity contribution in [2.45, 2.75) is 84.2 Å². The van der Waals surface area contributed by atoms with E-state index in [1.165, 1.54) is 57.8 Å². The van der Waals surface area contributed by atoms with Gasteiger partial charge in [-0.15, -0.1) is 0 Å². The number of nitriles is 1. The third-order valence-electron chi connectivity index (χ3n) is 3.75. The Labute approximate surface area is 124 Å². The normalized spacial score (nSPS) is 10.6. The predicted octanol–water partition coefficient (Wildman–Crippen LogP) is 4.22. The number of hydrogen-bond acceptors (Lipinski definition) is 1. The molecule has 1 aromatic heterocycles. The van der Waals surface area contributed by atoms with Crippen LogP contribution in [-0.2, 0) is 13.1 Å². The summed E-state index contributed by atoms with van der Waals surface area (Å²) in [7, 11) is 0. The highest BCUT2D eigenvalue weighted by Gasteiger charge is 2.02. The summed E-state index contributed by atoms with van der Waals surface area (Å²) >= 11 is 0. The van der Waals surface area contributed by atoms with Crippen molar-refractivity contribution in [2.24, 2.45) is 0 Å². The van der Waals surface area contributed by atoms with Crippen LogP contribution in [0, 0.1) is 11.3 Å². The summed E-state index contributed by atoms with van der Waals surface area (Å²) in [6.07, 6.45) is 19.3. The van der Waals surface area contributed by atoms with Crippen LogP contribution in [0.2, 0.25) is 0 Å². The van der Waals surface area contributed by atoms with Crippen molar-refractivity contribution in [3.05, 3.63) is 18.7 Å². The zero-order valence-corrected chi connectivity index (χ0v) is 13.1. The molecule has 0 radical (unpaired) electrons. The van der Waals surface area contributed by atoms with Gasteiger partial charge in [0.05, 0.1) is 19.0 Å². The molecule has 112 valence electrons. The highest BCUT2D eigenvalue weighted by molar-refractivity contribution is 4.68. The minimum Gasteiger partial charge on any atom is -0.237 e. The molecule has 0 unspecified atom stereocenters. The predicted molar refractivity (Wildman–Crippen MR) is 82.1 cm³/mol. The lowest BCUT2D eigenvalue weighted by Gasteiger charge is -2.01. The van der Waals surface area contributed by atoms with Crippen molar-refractivity contribution in [3.8, 4) is 6.07 Å². The molecule has 0 aliphatic heterocycles. The van der Waals surface area contributed by atoms with E-state index in [0.717, 1.165) is 13.1 Å². The van der Waals surface area contributed by atoms with E-state index in [0.29, 0.717) is 6.42 Å². The lowest BCUT2D eigenvalue weighted by molar-refractivity contribution is -0.695. The lowest BCUT2D eigenvalue weighted by atomic mass is 10.1. The van der Waals surface area contributed by atoms with Gasteiger partial charge in [0.2, 0.25) is 6.33 Å². The van der Waals surface area contributed by atoms with E-state index in [9.17, 15) is 0 Å². The number of nitrogens with zero attached hydrogens (tertiary/aromatic N) is 3. The standard InChI is InChI=1S/C17H30N3/c1-2-3-4-5-6-7-8-9-10-13-19-15-16-20(17-19)14-11-12-18/h15-17H,2-11,13-14H2,1H3/q+1. The largest absolute Gasteiger partial charge is 0.243 e. The molecule has 0 spiro atoms. The second-order valence-corrected chi connectivity index (χ2v) is 5.63. The van der Waals surface area contributed by atoms with Crippen molar-refractivity contribution in [3.63, 3.8) is 0 Å². The Morgan fingerprint density at radius 3 is 2.30 bits per heavy atom. The van der Waals surface area contributed by atoms with Gasteiger partial charge < -0.3 is 0 Å². The fourth-order valence-corrected chi connectivity index (χ4v) is 2.49. The number of hydrogen-bond donors (Lipinski definition) is 0. The molecule has 3 heteroatoms. The zero-order valence-electron chi connectivity index (χ0n) is 13.1. The van der Waals surface area contributed by atoms with E-state index < -0.39 is 0 Å². The highest BCUT2D eigenvalue weighted by atomic mass is 15.1. The van der Waals surface area contributed by atoms with Crippen LogP contribution < -0.4 is 4.57 Å². The molecule has 0 fully saturated rings. The monoisotopic (exact) mass is 276 g/mol. The second kappa shape index (κ2) is 11.5. The molecule has 0 aromatic carbocycles. The molecule has 0 bridgehead atoms. The number of imidazole rings is 1. The number of aromatic nitrogens is 2. The molecule has 20 heavy (non-hydrogen) atoms. The summed E-state index contributed by atoms with van der Waals surface area (Å²) in [4.78, 5) is 0. The lowest BCUT2D eigenvalue weighted by Crippen LogP contribution is -2.30. The van der Waals surface area contributed by atoms with Gasteiger partial charge in [-0.25, -0.2) is 9.13 Å². The van der Waals surface area contributed by atoms with Crippen molar-refractivity contribution in [1.82, 2.24) is 4.57 Å². The Morgan fingerprint density at radius 1 is 1.00 bits per heavy atom. The SMILES string of the molecule is CCCCCCCCCCCn1cc[n+](CCC#N)c1. The highest BCUT2D eigenvalue weighted by Crippen LogP contribution is 2.09. The fraction of sp³-hybridized carbons (Fsp3) is 0.765. The van der Waals surface area contributed by atoms with Gasteiger partial charge in [0.15, 0.2) is 0 Å². The van der Waals surface area contributed by atoms with E-state index in [1.54, 1.807) is 0 Å². The molecule has 0 saturated heterocycles. The van der Waals surface area contributed by atoms with Crippen LogP contribution in [0.4, 0.5) is 0 Å². The fourth-order valence-electron chi connectivity index (χ4n) is 2.49. The molecule has 1 aromatic rings. The summed E-state index contributed by atoms with van der Waals surface area (Å²) in [6.45, 7) is 4.18.